The maximum Gasteiger partial charge on any atom is 0.272 e. The summed E-state index contributed by atoms with van der Waals surface area (Å²) in [6.07, 6.45) is 6.55. The molecular formula is C24H17F2N3O3S. The Morgan fingerprint density at radius 1 is 1.00 bits per heavy atom. The highest BCUT2D eigenvalue weighted by Gasteiger charge is 2.14. The summed E-state index contributed by atoms with van der Waals surface area (Å²) in [6, 6.07) is 14.3. The Labute approximate surface area is 188 Å². The molecule has 3 N–H and O–H groups in total. The molecule has 0 atom stereocenters. The fraction of sp³-hybridized carbons (Fsp3) is 0.0417. The average molecular weight is 465 g/mol. The van der Waals surface area contributed by atoms with E-state index in [1.807, 2.05) is 0 Å². The maximum atomic E-state index is 14.3. The van der Waals surface area contributed by atoms with Gasteiger partial charge in [0.2, 0.25) is 10.0 Å². The number of nitrogens with one attached hydrogen (secondary N) is 3. The number of carbonyl (C=O) groups excluding carboxylic acids is 1. The normalized spacial score (nSPS) is 11.2. The average Bonchev–Trinajstić information content (AvgIpc) is 3.16. The molecule has 0 aliphatic rings. The molecule has 3 aromatic carbocycles. The molecule has 0 spiro atoms. The molecule has 166 valence electrons. The number of hydrogen-bond donors (Lipinski definition) is 3. The summed E-state index contributed by atoms with van der Waals surface area (Å²) < 4.78 is 52.8. The van der Waals surface area contributed by atoms with Gasteiger partial charge in [-0.05, 0) is 54.1 Å². The van der Waals surface area contributed by atoms with Crippen LogP contribution in [0.25, 0.3) is 22.0 Å². The van der Waals surface area contributed by atoms with Crippen LogP contribution in [-0.2, 0) is 10.0 Å². The molecule has 0 saturated carbocycles. The minimum atomic E-state index is -3.44. The van der Waals surface area contributed by atoms with E-state index in [1.165, 1.54) is 12.1 Å². The first-order valence-corrected chi connectivity index (χ1v) is 11.5. The fourth-order valence-corrected chi connectivity index (χ4v) is 3.94. The van der Waals surface area contributed by atoms with Gasteiger partial charge in [-0.2, -0.15) is 0 Å². The fourth-order valence-electron chi connectivity index (χ4n) is 3.39. The van der Waals surface area contributed by atoms with E-state index in [-0.39, 0.29) is 11.3 Å². The van der Waals surface area contributed by atoms with Crippen molar-refractivity contribution in [2.45, 2.75) is 0 Å². The minimum absolute atomic E-state index is 0.139. The smallest absolute Gasteiger partial charge is 0.272 e. The third-order valence-corrected chi connectivity index (χ3v) is 5.38. The summed E-state index contributed by atoms with van der Waals surface area (Å²) in [5.41, 5.74) is 2.38. The number of terminal acetylenes is 1. The van der Waals surface area contributed by atoms with Gasteiger partial charge in [0.15, 0.2) is 0 Å². The van der Waals surface area contributed by atoms with Crippen molar-refractivity contribution in [2.24, 2.45) is 0 Å². The number of amides is 1. The summed E-state index contributed by atoms with van der Waals surface area (Å²) in [6.45, 7) is 0. The van der Waals surface area contributed by atoms with Crippen LogP contribution >= 0.6 is 0 Å². The second kappa shape index (κ2) is 8.41. The summed E-state index contributed by atoms with van der Waals surface area (Å²) in [5.74, 6) is 0.517. The van der Waals surface area contributed by atoms with E-state index in [4.69, 9.17) is 6.42 Å². The molecule has 6 nitrogen and oxygen atoms in total. The zero-order valence-corrected chi connectivity index (χ0v) is 18.1. The number of anilines is 2. The van der Waals surface area contributed by atoms with E-state index in [0.717, 1.165) is 18.4 Å². The van der Waals surface area contributed by atoms with E-state index in [1.54, 1.807) is 36.4 Å². The number of benzene rings is 3. The van der Waals surface area contributed by atoms with Gasteiger partial charge in [0, 0.05) is 33.8 Å². The van der Waals surface area contributed by atoms with Crippen molar-refractivity contribution in [1.29, 1.82) is 0 Å². The lowest BCUT2D eigenvalue weighted by Gasteiger charge is -2.10. The first kappa shape index (κ1) is 22.0. The van der Waals surface area contributed by atoms with Crippen LogP contribution in [0.5, 0.6) is 0 Å². The van der Waals surface area contributed by atoms with Gasteiger partial charge in [-0.15, -0.1) is 6.42 Å². The van der Waals surface area contributed by atoms with Gasteiger partial charge in [0.1, 0.15) is 17.3 Å². The van der Waals surface area contributed by atoms with Gasteiger partial charge < -0.3 is 10.3 Å². The summed E-state index contributed by atoms with van der Waals surface area (Å²) in [7, 11) is -3.44. The molecule has 1 heterocycles. The molecule has 1 amide bonds. The highest BCUT2D eigenvalue weighted by molar-refractivity contribution is 7.92. The standard InChI is InChI=1S/C24H17F2N3O3S/c1-3-14-8-16(20-7-5-17(25)12-21(20)26)10-19(9-14)27-24(30)23-11-15-4-6-18(13-22(15)28-23)29-33(2,31)32/h1,4-13,28-29H,2H3,(H,27,30). The Hall–Kier alpha value is -4.16. The molecule has 1 aromatic heterocycles. The monoisotopic (exact) mass is 465 g/mol. The van der Waals surface area contributed by atoms with Gasteiger partial charge in [-0.25, -0.2) is 17.2 Å². The molecule has 0 fully saturated rings. The van der Waals surface area contributed by atoms with Gasteiger partial charge in [0.05, 0.1) is 11.9 Å². The molecule has 0 bridgehead atoms. The Kier molecular flexibility index (Phi) is 5.62. The van der Waals surface area contributed by atoms with Gasteiger partial charge in [-0.1, -0.05) is 12.0 Å². The summed E-state index contributed by atoms with van der Waals surface area (Å²) in [5, 5.41) is 3.41. The van der Waals surface area contributed by atoms with Crippen molar-refractivity contribution in [1.82, 2.24) is 4.98 Å². The van der Waals surface area contributed by atoms with Crippen LogP contribution in [0, 0.1) is 24.0 Å². The Balaban J connectivity index is 1.64. The molecule has 4 rings (SSSR count). The van der Waals surface area contributed by atoms with Crippen molar-refractivity contribution in [3.05, 3.63) is 83.6 Å². The second-order valence-electron chi connectivity index (χ2n) is 7.38. The number of rotatable bonds is 5. The van der Waals surface area contributed by atoms with E-state index in [2.05, 4.69) is 20.9 Å². The van der Waals surface area contributed by atoms with Gasteiger partial charge in [0.25, 0.3) is 5.91 Å². The van der Waals surface area contributed by atoms with Crippen LogP contribution in [-0.4, -0.2) is 25.6 Å². The molecular weight excluding hydrogens is 448 g/mol. The Bertz CT molecular complexity index is 1550. The number of aromatic nitrogens is 1. The SMILES string of the molecule is C#Cc1cc(NC(=O)c2cc3ccc(NS(C)(=O)=O)cc3[nH]2)cc(-c2ccc(F)cc2F)c1. The zero-order chi connectivity index (χ0) is 23.8. The van der Waals surface area contributed by atoms with Crippen LogP contribution in [0.4, 0.5) is 20.2 Å². The van der Waals surface area contributed by atoms with Crippen molar-refractivity contribution in [3.63, 3.8) is 0 Å². The van der Waals surface area contributed by atoms with Crippen LogP contribution < -0.4 is 10.0 Å². The van der Waals surface area contributed by atoms with Crippen molar-refractivity contribution < 1.29 is 22.0 Å². The lowest BCUT2D eigenvalue weighted by Crippen LogP contribution is -2.12. The minimum Gasteiger partial charge on any atom is -0.350 e. The highest BCUT2D eigenvalue weighted by Crippen LogP contribution is 2.28. The maximum absolute atomic E-state index is 14.3. The largest absolute Gasteiger partial charge is 0.350 e. The number of fused-ring (bicyclic) bond motifs is 1. The first-order chi connectivity index (χ1) is 15.6. The van der Waals surface area contributed by atoms with E-state index in [9.17, 15) is 22.0 Å². The van der Waals surface area contributed by atoms with Crippen molar-refractivity contribution >= 4 is 38.2 Å². The molecule has 0 radical (unpaired) electrons. The molecule has 0 aliphatic carbocycles. The van der Waals surface area contributed by atoms with Gasteiger partial charge >= 0.3 is 0 Å². The van der Waals surface area contributed by atoms with E-state index in [0.29, 0.717) is 33.4 Å². The van der Waals surface area contributed by atoms with E-state index >= 15 is 0 Å². The first-order valence-electron chi connectivity index (χ1n) is 9.60. The third-order valence-electron chi connectivity index (χ3n) is 4.77. The summed E-state index contributed by atoms with van der Waals surface area (Å²) >= 11 is 0. The number of H-pyrrole nitrogens is 1. The Morgan fingerprint density at radius 3 is 2.48 bits per heavy atom. The number of sulfonamides is 1. The highest BCUT2D eigenvalue weighted by atomic mass is 32.2. The van der Waals surface area contributed by atoms with Crippen LogP contribution in [0.3, 0.4) is 0 Å². The van der Waals surface area contributed by atoms with Crippen LogP contribution in [0.1, 0.15) is 16.1 Å². The molecule has 9 heteroatoms. The van der Waals surface area contributed by atoms with Gasteiger partial charge in [-0.3, -0.25) is 9.52 Å². The lowest BCUT2D eigenvalue weighted by atomic mass is 10.0. The number of halogens is 2. The second-order valence-corrected chi connectivity index (χ2v) is 9.13. The zero-order valence-electron chi connectivity index (χ0n) is 17.2. The number of hydrogen-bond acceptors (Lipinski definition) is 3. The topological polar surface area (TPSA) is 91.1 Å². The molecule has 4 aromatic rings. The Morgan fingerprint density at radius 2 is 1.79 bits per heavy atom. The molecule has 0 saturated heterocycles. The lowest BCUT2D eigenvalue weighted by molar-refractivity contribution is 0.102. The quantitative estimate of drug-likeness (QED) is 0.373. The predicted molar refractivity (Wildman–Crippen MR) is 124 cm³/mol. The van der Waals surface area contributed by atoms with Crippen LogP contribution in [0.2, 0.25) is 0 Å². The van der Waals surface area contributed by atoms with Crippen LogP contribution in [0.15, 0.2) is 60.7 Å². The van der Waals surface area contributed by atoms with Crippen molar-refractivity contribution in [2.75, 3.05) is 16.3 Å². The summed E-state index contributed by atoms with van der Waals surface area (Å²) in [4.78, 5) is 15.8. The molecule has 0 unspecified atom stereocenters. The van der Waals surface area contributed by atoms with E-state index < -0.39 is 27.6 Å². The molecule has 0 aliphatic heterocycles. The number of carbonyl (C=O) groups is 1. The van der Waals surface area contributed by atoms with Crippen molar-refractivity contribution in [3.8, 4) is 23.5 Å². The third kappa shape index (κ3) is 5.02. The predicted octanol–water partition coefficient (Wildman–Crippen LogP) is 4.72. The number of aromatic amines is 1. The molecule has 33 heavy (non-hydrogen) atoms.